The van der Waals surface area contributed by atoms with Crippen LogP contribution in [-0.4, -0.2) is 73.4 Å². The van der Waals surface area contributed by atoms with Crippen LogP contribution in [0, 0.1) is 0 Å². The molecule has 6 heteroatoms. The minimum atomic E-state index is -3.93. The fourth-order valence-corrected chi connectivity index (χ4v) is 4.05. The number of rotatable bonds is 3. The maximum atomic E-state index is 11.4. The van der Waals surface area contributed by atoms with Crippen LogP contribution >= 0.6 is 0 Å². The van der Waals surface area contributed by atoms with Crippen molar-refractivity contribution in [2.24, 2.45) is 0 Å². The van der Waals surface area contributed by atoms with Gasteiger partial charge in [0.05, 0.1) is 0 Å². The first-order valence-corrected chi connectivity index (χ1v) is 10.3. The van der Waals surface area contributed by atoms with Gasteiger partial charge in [0.1, 0.15) is 0 Å². The summed E-state index contributed by atoms with van der Waals surface area (Å²) in [6.07, 6.45) is 0.981. The van der Waals surface area contributed by atoms with Gasteiger partial charge in [0, 0.05) is 0 Å². The Kier molecular flexibility index (Phi) is 5.07. The molecule has 1 aliphatic rings. The Morgan fingerprint density at radius 3 is 2.65 bits per heavy atom. The Hall–Kier alpha value is 0.566. The van der Waals surface area contributed by atoms with Crippen LogP contribution in [0.1, 0.15) is 38.7 Å². The average molecular weight is 321 g/mol. The molecule has 1 aromatic rings. The number of benzene rings is 1. The number of hydrogen-bond acceptors (Lipinski definition) is 3. The molecule has 2 unspecified atom stereocenters. The number of hydrogen-bond donors (Lipinski definition) is 1. The first kappa shape index (κ1) is 16.9. The molecule has 0 saturated heterocycles. The summed E-state index contributed by atoms with van der Waals surface area (Å²) in [5, 5.41) is 0. The molecule has 1 aromatic carbocycles. The van der Waals surface area contributed by atoms with Gasteiger partial charge in [-0.1, -0.05) is 0 Å². The van der Waals surface area contributed by atoms with E-state index >= 15 is 0 Å². The minimum absolute atomic E-state index is 0.0225. The van der Waals surface area contributed by atoms with Crippen LogP contribution in [0.4, 0.5) is 5.69 Å². The molecule has 0 bridgehead atoms. The number of para-hydroxylation sites is 1. The van der Waals surface area contributed by atoms with E-state index in [-0.39, 0.29) is 54.5 Å². The van der Waals surface area contributed by atoms with Crippen molar-refractivity contribution in [3.05, 3.63) is 29.8 Å². The molecule has 0 aliphatic carbocycles. The van der Waals surface area contributed by atoms with Crippen molar-refractivity contribution in [3.63, 3.8) is 0 Å². The van der Waals surface area contributed by atoms with Gasteiger partial charge in [0.2, 0.25) is 0 Å². The quantitative estimate of drug-likeness (QED) is 0.685. The fourth-order valence-electron chi connectivity index (χ4n) is 3.14. The van der Waals surface area contributed by atoms with E-state index in [1.54, 1.807) is 0 Å². The summed E-state index contributed by atoms with van der Waals surface area (Å²) in [5.74, 6) is 0.458. The average Bonchev–Trinajstić information content (AvgIpc) is 2.32. The van der Waals surface area contributed by atoms with Crippen LogP contribution in [-0.2, 0) is 10.1 Å². The van der Waals surface area contributed by atoms with Crippen molar-refractivity contribution in [1.82, 2.24) is 0 Å². The molecular weight excluding hydrogens is 301 g/mol. The van der Waals surface area contributed by atoms with E-state index in [1.165, 1.54) is 5.56 Å². The molecule has 0 fully saturated rings. The molecule has 1 aliphatic heterocycles. The van der Waals surface area contributed by atoms with Crippen molar-refractivity contribution >= 4 is 64.8 Å². The van der Waals surface area contributed by atoms with Gasteiger partial charge in [-0.2, -0.15) is 0 Å². The van der Waals surface area contributed by atoms with Crippen molar-refractivity contribution < 1.29 is 13.0 Å². The van der Waals surface area contributed by atoms with Crippen molar-refractivity contribution in [2.45, 2.75) is 38.0 Å². The van der Waals surface area contributed by atoms with E-state index in [0.717, 1.165) is 12.1 Å². The first-order chi connectivity index (χ1) is 9.13. The second-order valence-electron chi connectivity index (χ2n) is 6.41. The fraction of sp³-hybridized carbons (Fsp3) is 0.571. The van der Waals surface area contributed by atoms with Gasteiger partial charge < -0.3 is 0 Å². The van der Waals surface area contributed by atoms with Gasteiger partial charge in [0.25, 0.3) is 0 Å². The zero-order chi connectivity index (χ0) is 15.1. The van der Waals surface area contributed by atoms with E-state index in [1.807, 2.05) is 12.1 Å². The molecule has 2 rings (SSSR count). The second-order valence-corrected chi connectivity index (χ2v) is 11.7. The van der Waals surface area contributed by atoms with Crippen LogP contribution in [0.5, 0.6) is 0 Å². The topological polar surface area (TPSA) is 57.6 Å². The van der Waals surface area contributed by atoms with Gasteiger partial charge in [-0.05, 0) is 0 Å². The predicted molar refractivity (Wildman–Crippen MR) is 82.0 cm³/mol. The molecule has 0 spiro atoms. The van der Waals surface area contributed by atoms with Gasteiger partial charge >= 0.3 is 157 Å². The first-order valence-electron chi connectivity index (χ1n) is 6.96. The summed E-state index contributed by atoms with van der Waals surface area (Å²) in [4.78, 5) is 2.16. The van der Waals surface area contributed by atoms with E-state index < -0.39 is 9.46 Å². The van der Waals surface area contributed by atoms with Crippen LogP contribution < -0.4 is 4.90 Å². The van der Waals surface area contributed by atoms with Crippen LogP contribution in [0.25, 0.3) is 0 Å². The Balaban J connectivity index is 2.42. The standard InChI is InChI=1S/C14H20NO3S.K/c1-11-10-14(2,3)15(8-9-19(16,17)18)13-7-5-4-6-12(11)13;/h4-7,9,11H,8,10H2,1-3H3,(H,16,17,18);. The van der Waals surface area contributed by atoms with Crippen LogP contribution in [0.15, 0.2) is 24.3 Å². The summed E-state index contributed by atoms with van der Waals surface area (Å²) in [5.41, 5.74) is 2.27. The van der Waals surface area contributed by atoms with Gasteiger partial charge in [-0.15, -0.1) is 0 Å². The summed E-state index contributed by atoms with van der Waals surface area (Å²) < 4.78 is 31.4. The predicted octanol–water partition coefficient (Wildman–Crippen LogP) is 2.16. The zero-order valence-electron chi connectivity index (χ0n) is 12.5. The third kappa shape index (κ3) is 3.48. The molecule has 2 atom stereocenters. The van der Waals surface area contributed by atoms with Gasteiger partial charge in [-0.25, -0.2) is 0 Å². The summed E-state index contributed by atoms with van der Waals surface area (Å²) >= 11 is 0.0225. The molecule has 20 heavy (non-hydrogen) atoms. The van der Waals surface area contributed by atoms with Gasteiger partial charge in [-0.3, -0.25) is 0 Å². The monoisotopic (exact) mass is 321 g/mol. The van der Waals surface area contributed by atoms with E-state index in [9.17, 15) is 13.0 Å². The third-order valence-corrected chi connectivity index (χ3v) is 8.77. The molecule has 106 valence electrons. The molecule has 0 saturated carbocycles. The Morgan fingerprint density at radius 2 is 2.05 bits per heavy atom. The Labute approximate surface area is 155 Å². The molecule has 0 radical (unpaired) electrons. The Bertz CT molecular complexity index is 600. The summed E-state index contributed by atoms with van der Waals surface area (Å²) in [7, 11) is -3.93. The molecule has 1 heterocycles. The van der Waals surface area contributed by atoms with E-state index in [0.29, 0.717) is 12.5 Å². The number of fused-ring (bicyclic) bond motifs is 1. The summed E-state index contributed by atoms with van der Waals surface area (Å²) in [6.45, 7) is 6.88. The normalized spacial score (nSPS) is 23.3. The number of nitrogens with zero attached hydrogens (tertiary/aromatic N) is 1. The van der Waals surface area contributed by atoms with Crippen molar-refractivity contribution in [3.8, 4) is 0 Å². The van der Waals surface area contributed by atoms with Crippen LogP contribution in [0.3, 0.4) is 0 Å². The molecule has 1 N–H and O–H groups in total. The second kappa shape index (κ2) is 5.99. The Morgan fingerprint density at radius 1 is 1.45 bits per heavy atom. The van der Waals surface area contributed by atoms with E-state index in [4.69, 9.17) is 0 Å². The summed E-state index contributed by atoms with van der Waals surface area (Å²) in [6, 6.07) is 8.17. The molecule has 0 aromatic heterocycles. The van der Waals surface area contributed by atoms with Crippen molar-refractivity contribution in [2.75, 3.05) is 11.4 Å². The van der Waals surface area contributed by atoms with Crippen LogP contribution in [0.2, 0.25) is 0 Å². The van der Waals surface area contributed by atoms with Crippen molar-refractivity contribution in [1.29, 1.82) is 0 Å². The SMILES string of the molecule is CC1CC(C)(C)N(C[CH]([K])S(=O)(=O)O)c2ccccc21. The van der Waals surface area contributed by atoms with E-state index in [2.05, 4.69) is 37.8 Å². The maximum absolute atomic E-state index is 11.4. The third-order valence-electron chi connectivity index (χ3n) is 4.24. The number of anilines is 1. The zero-order valence-corrected chi connectivity index (χ0v) is 16.4. The molecular formula is C14H20KNO3S. The molecule has 0 amide bonds. The molecule has 4 nitrogen and oxygen atoms in total. The van der Waals surface area contributed by atoms with Gasteiger partial charge in [0.15, 0.2) is 0 Å².